The number of amides is 2. The number of aromatic nitrogens is 2. The highest BCUT2D eigenvalue weighted by Gasteiger charge is 2.39. The number of carbonyl (C=O) groups is 2. The minimum Gasteiger partial charge on any atom is -0.314 e. The third-order valence-corrected chi connectivity index (χ3v) is 6.85. The molecule has 3 saturated heterocycles. The van der Waals surface area contributed by atoms with Crippen LogP contribution in [0.3, 0.4) is 0 Å². The molecule has 30 heavy (non-hydrogen) atoms. The number of fused-ring (bicyclic) bond motifs is 1. The number of likely N-dealkylation sites (tertiary alicyclic amines) is 1. The summed E-state index contributed by atoms with van der Waals surface area (Å²) in [4.78, 5) is 39.2. The van der Waals surface area contributed by atoms with Crippen LogP contribution >= 0.6 is 0 Å². The smallest absolute Gasteiger partial charge is 0.314 e. The molecule has 3 aliphatic rings. The number of nitrogens with one attached hydrogen (secondary N) is 2. The maximum atomic E-state index is 14.3. The lowest BCUT2D eigenvalue weighted by molar-refractivity contribution is -0.135. The first-order valence-corrected chi connectivity index (χ1v) is 10.6. The van der Waals surface area contributed by atoms with Gasteiger partial charge in [0.1, 0.15) is 12.2 Å². The predicted molar refractivity (Wildman–Crippen MR) is 109 cm³/mol. The second-order valence-electron chi connectivity index (χ2n) is 8.62. The number of halogens is 1. The van der Waals surface area contributed by atoms with Crippen LogP contribution in [0.25, 0.3) is 11.0 Å². The Morgan fingerprint density at radius 1 is 1.13 bits per heavy atom. The summed E-state index contributed by atoms with van der Waals surface area (Å²) in [6, 6.07) is 5.05. The highest BCUT2D eigenvalue weighted by molar-refractivity contribution is 6.00. The van der Waals surface area contributed by atoms with E-state index in [2.05, 4.69) is 15.5 Å². The summed E-state index contributed by atoms with van der Waals surface area (Å²) in [5, 5.41) is 5.43. The lowest BCUT2D eigenvalue weighted by Gasteiger charge is -2.47. The third kappa shape index (κ3) is 2.99. The Labute approximate surface area is 173 Å². The van der Waals surface area contributed by atoms with Crippen molar-refractivity contribution in [3.05, 3.63) is 34.2 Å². The summed E-state index contributed by atoms with van der Waals surface area (Å²) >= 11 is 0. The molecule has 0 aliphatic carbocycles. The van der Waals surface area contributed by atoms with Gasteiger partial charge in [-0.15, -0.1) is 0 Å². The van der Waals surface area contributed by atoms with Gasteiger partial charge >= 0.3 is 5.69 Å². The molecule has 0 spiro atoms. The maximum absolute atomic E-state index is 14.3. The average Bonchev–Trinajstić information content (AvgIpc) is 2.94. The van der Waals surface area contributed by atoms with Crippen molar-refractivity contribution in [2.24, 2.45) is 7.05 Å². The number of piperidine rings is 2. The summed E-state index contributed by atoms with van der Waals surface area (Å²) in [6.07, 6.45) is 0.492. The number of hydrogen-bond acceptors (Lipinski definition) is 5. The van der Waals surface area contributed by atoms with Crippen LogP contribution in [0, 0.1) is 0 Å². The van der Waals surface area contributed by atoms with E-state index in [0.29, 0.717) is 18.5 Å². The normalized spacial score (nSPS) is 28.5. The van der Waals surface area contributed by atoms with Crippen LogP contribution in [0.2, 0.25) is 0 Å². The van der Waals surface area contributed by atoms with E-state index in [1.165, 1.54) is 4.57 Å². The molecule has 9 heteroatoms. The molecule has 5 rings (SSSR count). The minimum atomic E-state index is -0.853. The van der Waals surface area contributed by atoms with Gasteiger partial charge in [0, 0.05) is 45.1 Å². The Kier molecular flexibility index (Phi) is 4.74. The van der Waals surface area contributed by atoms with Gasteiger partial charge in [-0.1, -0.05) is 12.1 Å². The maximum Gasteiger partial charge on any atom is 0.329 e. The van der Waals surface area contributed by atoms with Crippen molar-refractivity contribution in [1.82, 2.24) is 24.7 Å². The van der Waals surface area contributed by atoms with Crippen molar-refractivity contribution < 1.29 is 14.0 Å². The van der Waals surface area contributed by atoms with Gasteiger partial charge in [-0.3, -0.25) is 28.9 Å². The van der Waals surface area contributed by atoms with Gasteiger partial charge in [-0.05, 0) is 31.0 Å². The van der Waals surface area contributed by atoms with Crippen molar-refractivity contribution in [3.63, 3.8) is 0 Å². The highest BCUT2D eigenvalue weighted by Crippen LogP contribution is 2.36. The zero-order valence-electron chi connectivity index (χ0n) is 16.9. The standard InChI is InChI=1S/C21H26FN5O3/c1-25-19-13(12-10-26(11-12)15-7-8-23-9-14(15)22)3-2-4-16(19)27(21(25)30)17-5-6-18(28)24-20(17)29/h2-4,12,14-15,17,23H,5-11H2,1H3,(H,24,28,29)/t14-,15+,17?/m0/s1. The van der Waals surface area contributed by atoms with E-state index in [9.17, 15) is 18.8 Å². The summed E-state index contributed by atoms with van der Waals surface area (Å²) in [6.45, 7) is 2.78. The molecule has 1 aromatic carbocycles. The first-order chi connectivity index (χ1) is 14.5. The molecular formula is C21H26FN5O3. The van der Waals surface area contributed by atoms with Crippen LogP contribution < -0.4 is 16.3 Å². The second kappa shape index (κ2) is 7.31. The summed E-state index contributed by atoms with van der Waals surface area (Å²) in [7, 11) is 1.72. The zero-order valence-corrected chi connectivity index (χ0v) is 16.9. The van der Waals surface area contributed by atoms with Crippen LogP contribution in [0.1, 0.15) is 36.8 Å². The monoisotopic (exact) mass is 415 g/mol. The number of hydrogen-bond donors (Lipinski definition) is 2. The quantitative estimate of drug-likeness (QED) is 0.710. The number of rotatable bonds is 3. The van der Waals surface area contributed by atoms with Crippen LogP contribution in [0.4, 0.5) is 4.39 Å². The number of benzene rings is 1. The highest BCUT2D eigenvalue weighted by atomic mass is 19.1. The van der Waals surface area contributed by atoms with Crippen molar-refractivity contribution in [2.45, 2.75) is 43.4 Å². The molecule has 4 heterocycles. The summed E-state index contributed by atoms with van der Waals surface area (Å²) in [5.74, 6) is -0.510. The molecule has 0 saturated carbocycles. The van der Waals surface area contributed by atoms with Gasteiger partial charge in [0.15, 0.2) is 0 Å². The third-order valence-electron chi connectivity index (χ3n) is 6.85. The topological polar surface area (TPSA) is 88.4 Å². The molecule has 160 valence electrons. The molecule has 1 unspecified atom stereocenters. The Balaban J connectivity index is 1.46. The first-order valence-electron chi connectivity index (χ1n) is 10.6. The molecule has 3 fully saturated rings. The van der Waals surface area contributed by atoms with E-state index in [1.807, 2.05) is 18.2 Å². The van der Waals surface area contributed by atoms with Crippen LogP contribution in [0.15, 0.2) is 23.0 Å². The molecule has 1 aromatic heterocycles. The number of nitrogens with zero attached hydrogens (tertiary/aromatic N) is 3. The zero-order chi connectivity index (χ0) is 21.0. The van der Waals surface area contributed by atoms with E-state index in [0.717, 1.165) is 37.1 Å². The van der Waals surface area contributed by atoms with Crippen molar-refractivity contribution in [2.75, 3.05) is 26.2 Å². The SMILES string of the molecule is Cn1c(=O)n(C2CCC(=O)NC2=O)c2cccc(C3CN([C@@H]4CCNC[C@@H]4F)C3)c21. The predicted octanol–water partition coefficient (Wildman–Crippen LogP) is 0.417. The molecule has 3 atom stereocenters. The lowest BCUT2D eigenvalue weighted by Crippen LogP contribution is -2.58. The van der Waals surface area contributed by atoms with Crippen molar-refractivity contribution in [3.8, 4) is 0 Å². The minimum absolute atomic E-state index is 0.0430. The van der Waals surface area contributed by atoms with E-state index in [1.54, 1.807) is 11.6 Å². The van der Waals surface area contributed by atoms with Gasteiger partial charge in [0.05, 0.1) is 11.0 Å². The fourth-order valence-electron chi connectivity index (χ4n) is 5.23. The second-order valence-corrected chi connectivity index (χ2v) is 8.62. The van der Waals surface area contributed by atoms with E-state index >= 15 is 0 Å². The molecule has 2 aromatic rings. The number of carbonyl (C=O) groups excluding carboxylic acids is 2. The molecule has 0 radical (unpaired) electrons. The van der Waals surface area contributed by atoms with Crippen molar-refractivity contribution >= 4 is 22.8 Å². The Hall–Kier alpha value is -2.52. The largest absolute Gasteiger partial charge is 0.329 e. The number of imide groups is 1. The van der Waals surface area contributed by atoms with Gasteiger partial charge in [-0.2, -0.15) is 0 Å². The fraction of sp³-hybridized carbons (Fsp3) is 0.571. The molecule has 2 amide bonds. The molecular weight excluding hydrogens is 389 g/mol. The van der Waals surface area contributed by atoms with Crippen LogP contribution in [-0.4, -0.2) is 64.2 Å². The number of imidazole rings is 1. The summed E-state index contributed by atoms with van der Waals surface area (Å²) < 4.78 is 17.4. The summed E-state index contributed by atoms with van der Waals surface area (Å²) in [5.41, 5.74) is 2.32. The Bertz CT molecular complexity index is 1070. The van der Waals surface area contributed by atoms with E-state index in [-0.39, 0.29) is 30.0 Å². The molecule has 2 N–H and O–H groups in total. The molecule has 8 nitrogen and oxygen atoms in total. The van der Waals surface area contributed by atoms with Crippen LogP contribution in [0.5, 0.6) is 0 Å². The van der Waals surface area contributed by atoms with E-state index < -0.39 is 18.1 Å². The Morgan fingerprint density at radius 3 is 2.67 bits per heavy atom. The average molecular weight is 415 g/mol. The van der Waals surface area contributed by atoms with Crippen molar-refractivity contribution in [1.29, 1.82) is 0 Å². The van der Waals surface area contributed by atoms with E-state index in [4.69, 9.17) is 0 Å². The Morgan fingerprint density at radius 2 is 1.93 bits per heavy atom. The number of para-hydroxylation sites is 1. The lowest BCUT2D eigenvalue weighted by atomic mass is 9.87. The molecule has 3 aliphatic heterocycles. The number of aryl methyl sites for hydroxylation is 1. The van der Waals surface area contributed by atoms with Gasteiger partial charge in [0.2, 0.25) is 11.8 Å². The first kappa shape index (κ1) is 19.4. The number of alkyl halides is 1. The van der Waals surface area contributed by atoms with Crippen LogP contribution in [-0.2, 0) is 16.6 Å². The molecule has 0 bridgehead atoms. The van der Waals surface area contributed by atoms with Gasteiger partial charge in [0.25, 0.3) is 0 Å². The van der Waals surface area contributed by atoms with Gasteiger partial charge in [-0.25, -0.2) is 9.18 Å². The van der Waals surface area contributed by atoms with Gasteiger partial charge < -0.3 is 5.32 Å². The fourth-order valence-corrected chi connectivity index (χ4v) is 5.23.